The molecule has 0 atom stereocenters. The van der Waals surface area contributed by atoms with Crippen LogP contribution < -0.4 is 4.90 Å². The quantitative estimate of drug-likeness (QED) is 0.827. The van der Waals surface area contributed by atoms with Crippen LogP contribution >= 0.6 is 0 Å². The molecule has 0 spiro atoms. The fourth-order valence-corrected chi connectivity index (χ4v) is 3.88. The Balaban J connectivity index is 1.63. The molecule has 1 aromatic heterocycles. The predicted octanol–water partition coefficient (Wildman–Crippen LogP) is 4.26. The molecule has 4 nitrogen and oxygen atoms in total. The van der Waals surface area contributed by atoms with E-state index in [0.717, 1.165) is 43.8 Å². The molecule has 1 amide bonds. The lowest BCUT2D eigenvalue weighted by atomic mass is 9.92. The van der Waals surface area contributed by atoms with Crippen LogP contribution in [-0.4, -0.2) is 42.5 Å². The third-order valence-electron chi connectivity index (χ3n) is 5.37. The van der Waals surface area contributed by atoms with Gasteiger partial charge in [-0.05, 0) is 43.4 Å². The monoisotopic (exact) mass is 353 g/mol. The van der Waals surface area contributed by atoms with E-state index in [2.05, 4.69) is 36.1 Å². The van der Waals surface area contributed by atoms with E-state index in [1.807, 2.05) is 38.8 Å². The molecule has 0 unspecified atom stereocenters. The topological polar surface area (TPSA) is 36.4 Å². The van der Waals surface area contributed by atoms with Crippen molar-refractivity contribution in [2.24, 2.45) is 11.3 Å². The zero-order valence-electron chi connectivity index (χ0n) is 16.7. The van der Waals surface area contributed by atoms with Gasteiger partial charge in [-0.2, -0.15) is 0 Å². The number of benzene rings is 1. The first-order valence-corrected chi connectivity index (χ1v) is 9.62. The van der Waals surface area contributed by atoms with Crippen molar-refractivity contribution < 1.29 is 4.79 Å². The number of piperidine rings is 1. The van der Waals surface area contributed by atoms with Crippen molar-refractivity contribution in [1.29, 1.82) is 0 Å². The van der Waals surface area contributed by atoms with Crippen LogP contribution in [0.2, 0.25) is 0 Å². The highest BCUT2D eigenvalue weighted by atomic mass is 16.2. The summed E-state index contributed by atoms with van der Waals surface area (Å²) in [5.41, 5.74) is 2.05. The van der Waals surface area contributed by atoms with Gasteiger partial charge in [0.05, 0.1) is 5.52 Å². The van der Waals surface area contributed by atoms with E-state index in [-0.39, 0.29) is 11.3 Å². The van der Waals surface area contributed by atoms with Crippen LogP contribution in [0.4, 0.5) is 5.82 Å². The minimum Gasteiger partial charge on any atom is -0.357 e. The number of nitrogens with zero attached hydrogens (tertiary/aromatic N) is 3. The maximum absolute atomic E-state index is 12.4. The summed E-state index contributed by atoms with van der Waals surface area (Å²) in [5, 5.41) is 1.23. The van der Waals surface area contributed by atoms with Gasteiger partial charge in [0, 0.05) is 37.5 Å². The second-order valence-corrected chi connectivity index (χ2v) is 8.68. The number of amides is 1. The van der Waals surface area contributed by atoms with Crippen molar-refractivity contribution in [3.63, 3.8) is 0 Å². The summed E-state index contributed by atoms with van der Waals surface area (Å²) in [4.78, 5) is 21.6. The minimum absolute atomic E-state index is 0.228. The highest BCUT2D eigenvalue weighted by Crippen LogP contribution is 2.27. The second kappa shape index (κ2) is 7.26. The lowest BCUT2D eigenvalue weighted by molar-refractivity contribution is -0.138. The molecule has 0 N–H and O–H groups in total. The molecule has 140 valence electrons. The first kappa shape index (κ1) is 18.7. The summed E-state index contributed by atoms with van der Waals surface area (Å²) in [5.74, 6) is 1.88. The first-order valence-electron chi connectivity index (χ1n) is 9.62. The normalized spacial score (nSPS) is 16.1. The lowest BCUT2D eigenvalue weighted by Crippen LogP contribution is -2.43. The number of anilines is 1. The van der Waals surface area contributed by atoms with Crippen LogP contribution in [0.15, 0.2) is 30.3 Å². The molecule has 1 aromatic carbocycles. The lowest BCUT2D eigenvalue weighted by Gasteiger charge is -2.36. The standard InChI is InChI=1S/C22H31N3O/c1-16-14-20(23-19-9-7-6-8-18(16)19)25-12-10-17(11-13-25)15-24(5)21(26)22(2,3)4/h6-9,14,17H,10-13,15H2,1-5H3. The SMILES string of the molecule is Cc1cc(N2CCC(CN(C)C(=O)C(C)(C)C)CC2)nc2ccccc12. The average Bonchev–Trinajstić information content (AvgIpc) is 2.61. The van der Waals surface area contributed by atoms with Crippen LogP contribution in [0.25, 0.3) is 10.9 Å². The number of carbonyl (C=O) groups is 1. The predicted molar refractivity (Wildman–Crippen MR) is 109 cm³/mol. The van der Waals surface area contributed by atoms with E-state index in [1.165, 1.54) is 10.9 Å². The summed E-state index contributed by atoms with van der Waals surface area (Å²) in [6.45, 7) is 11.0. The van der Waals surface area contributed by atoms with Gasteiger partial charge in [-0.15, -0.1) is 0 Å². The fourth-order valence-electron chi connectivity index (χ4n) is 3.88. The van der Waals surface area contributed by atoms with E-state index in [1.54, 1.807) is 0 Å². The van der Waals surface area contributed by atoms with Crippen LogP contribution in [0.3, 0.4) is 0 Å². The molecule has 3 rings (SSSR count). The number of carbonyl (C=O) groups excluding carboxylic acids is 1. The second-order valence-electron chi connectivity index (χ2n) is 8.68. The van der Waals surface area contributed by atoms with Crippen molar-refractivity contribution in [3.05, 3.63) is 35.9 Å². The third kappa shape index (κ3) is 4.00. The number of rotatable bonds is 3. The van der Waals surface area contributed by atoms with Gasteiger partial charge >= 0.3 is 0 Å². The Hall–Kier alpha value is -2.10. The zero-order chi connectivity index (χ0) is 18.9. The fraction of sp³-hybridized carbons (Fsp3) is 0.545. The van der Waals surface area contributed by atoms with Crippen molar-refractivity contribution in [3.8, 4) is 0 Å². The van der Waals surface area contributed by atoms with Crippen LogP contribution in [0, 0.1) is 18.3 Å². The zero-order valence-corrected chi connectivity index (χ0v) is 16.7. The van der Waals surface area contributed by atoms with Crippen molar-refractivity contribution in [2.45, 2.75) is 40.5 Å². The van der Waals surface area contributed by atoms with Crippen LogP contribution in [0.1, 0.15) is 39.2 Å². The molecule has 1 saturated heterocycles. The van der Waals surface area contributed by atoms with E-state index >= 15 is 0 Å². The van der Waals surface area contributed by atoms with Crippen LogP contribution in [-0.2, 0) is 4.79 Å². The Bertz CT molecular complexity index is 786. The molecular weight excluding hydrogens is 322 g/mol. The van der Waals surface area contributed by atoms with Gasteiger partial charge in [-0.3, -0.25) is 4.79 Å². The number of para-hydroxylation sites is 1. The molecule has 2 aromatic rings. The van der Waals surface area contributed by atoms with Gasteiger partial charge < -0.3 is 9.80 Å². The van der Waals surface area contributed by atoms with E-state index in [0.29, 0.717) is 5.92 Å². The van der Waals surface area contributed by atoms with E-state index in [4.69, 9.17) is 4.98 Å². The first-order chi connectivity index (χ1) is 12.3. The maximum atomic E-state index is 12.4. The van der Waals surface area contributed by atoms with Gasteiger partial charge in [0.1, 0.15) is 5.82 Å². The van der Waals surface area contributed by atoms with Gasteiger partial charge in [0.2, 0.25) is 5.91 Å². The number of fused-ring (bicyclic) bond motifs is 1. The number of hydrogen-bond acceptors (Lipinski definition) is 3. The molecule has 0 saturated carbocycles. The Morgan fingerprint density at radius 3 is 2.54 bits per heavy atom. The summed E-state index contributed by atoms with van der Waals surface area (Å²) >= 11 is 0. The van der Waals surface area contributed by atoms with Gasteiger partial charge in [-0.1, -0.05) is 39.0 Å². The number of aryl methyl sites for hydroxylation is 1. The summed E-state index contributed by atoms with van der Waals surface area (Å²) in [6.07, 6.45) is 2.21. The summed E-state index contributed by atoms with van der Waals surface area (Å²) < 4.78 is 0. The van der Waals surface area contributed by atoms with E-state index in [9.17, 15) is 4.79 Å². The average molecular weight is 354 g/mol. The molecular formula is C22H31N3O. The van der Waals surface area contributed by atoms with E-state index < -0.39 is 0 Å². The molecule has 0 radical (unpaired) electrons. The number of pyridine rings is 1. The molecule has 0 aliphatic carbocycles. The number of aromatic nitrogens is 1. The minimum atomic E-state index is -0.304. The third-order valence-corrected chi connectivity index (χ3v) is 5.37. The number of hydrogen-bond donors (Lipinski definition) is 0. The Morgan fingerprint density at radius 1 is 1.23 bits per heavy atom. The van der Waals surface area contributed by atoms with Gasteiger partial charge in [0.15, 0.2) is 0 Å². The van der Waals surface area contributed by atoms with Crippen molar-refractivity contribution in [2.75, 3.05) is 31.6 Å². The molecule has 1 aliphatic heterocycles. The van der Waals surface area contributed by atoms with Crippen molar-refractivity contribution >= 4 is 22.6 Å². The van der Waals surface area contributed by atoms with Crippen LogP contribution in [0.5, 0.6) is 0 Å². The van der Waals surface area contributed by atoms with Gasteiger partial charge in [0.25, 0.3) is 0 Å². The molecule has 1 aliphatic rings. The molecule has 1 fully saturated rings. The van der Waals surface area contributed by atoms with Crippen molar-refractivity contribution in [1.82, 2.24) is 9.88 Å². The smallest absolute Gasteiger partial charge is 0.227 e. The molecule has 4 heteroatoms. The Labute approximate surface area is 157 Å². The maximum Gasteiger partial charge on any atom is 0.227 e. The largest absolute Gasteiger partial charge is 0.357 e. The highest BCUT2D eigenvalue weighted by Gasteiger charge is 2.28. The van der Waals surface area contributed by atoms with Gasteiger partial charge in [-0.25, -0.2) is 4.98 Å². The Kier molecular flexibility index (Phi) is 5.22. The summed E-state index contributed by atoms with van der Waals surface area (Å²) in [7, 11) is 1.94. The molecule has 26 heavy (non-hydrogen) atoms. The molecule has 0 bridgehead atoms. The Morgan fingerprint density at radius 2 is 1.88 bits per heavy atom. The summed E-state index contributed by atoms with van der Waals surface area (Å²) in [6, 6.07) is 10.5. The molecule has 2 heterocycles. The highest BCUT2D eigenvalue weighted by molar-refractivity contribution is 5.84.